The molecule has 4 aliphatic carbocycles. The summed E-state index contributed by atoms with van der Waals surface area (Å²) < 4.78 is 0. The molecule has 5 aliphatic rings. The minimum atomic E-state index is -0.910. The van der Waals surface area contributed by atoms with E-state index in [1.165, 1.54) is 0 Å². The van der Waals surface area contributed by atoms with Crippen molar-refractivity contribution in [1.29, 1.82) is 0 Å². The fourth-order valence-electron chi connectivity index (χ4n) is 8.57. The molecule has 232 valence electrons. The largest absolute Gasteiger partial charge is 0.391 e. The molecule has 0 radical (unpaired) electrons. The lowest BCUT2D eigenvalue weighted by Gasteiger charge is -2.59. The van der Waals surface area contributed by atoms with Crippen molar-refractivity contribution in [2.24, 2.45) is 46.5 Å². The van der Waals surface area contributed by atoms with Crippen molar-refractivity contribution in [3.05, 3.63) is 29.3 Å². The van der Waals surface area contributed by atoms with Gasteiger partial charge in [0.05, 0.1) is 23.4 Å². The summed E-state index contributed by atoms with van der Waals surface area (Å²) >= 11 is 6.38. The van der Waals surface area contributed by atoms with Gasteiger partial charge in [0.1, 0.15) is 0 Å². The average molecular weight is 602 g/mol. The monoisotopic (exact) mass is 601 g/mol. The van der Waals surface area contributed by atoms with Crippen LogP contribution in [0.1, 0.15) is 66.2 Å². The number of aliphatic hydroxyl groups excluding tert-OH is 1. The van der Waals surface area contributed by atoms with Crippen LogP contribution in [0.5, 0.6) is 0 Å². The molecule has 5 atom stereocenters. The molecule has 1 heterocycles. The van der Waals surface area contributed by atoms with Gasteiger partial charge in [0.15, 0.2) is 0 Å². The van der Waals surface area contributed by atoms with Gasteiger partial charge in [-0.15, -0.1) is 0 Å². The van der Waals surface area contributed by atoms with E-state index in [1.807, 2.05) is 36.9 Å². The van der Waals surface area contributed by atoms with Crippen LogP contribution in [0.15, 0.2) is 24.3 Å². The van der Waals surface area contributed by atoms with E-state index in [0.717, 1.165) is 32.1 Å². The SMILES string of the molecule is CC(C)[C@H](C[C@H](O)[C@@H](N)CN1CC(=O)N(c2ccccc2Cl)CC1(C)C)C(=O)NC1C2CC3CC1CC(C(N)=O)(C3)C2. The number of halogens is 1. The number of nitrogens with zero attached hydrogens (tertiary/aromatic N) is 2. The Morgan fingerprint density at radius 2 is 1.79 bits per heavy atom. The summed E-state index contributed by atoms with van der Waals surface area (Å²) in [6, 6.07) is 6.74. The predicted molar refractivity (Wildman–Crippen MR) is 163 cm³/mol. The maximum atomic E-state index is 13.7. The molecule has 1 aromatic carbocycles. The van der Waals surface area contributed by atoms with E-state index in [1.54, 1.807) is 11.0 Å². The van der Waals surface area contributed by atoms with Gasteiger partial charge in [0, 0.05) is 42.0 Å². The van der Waals surface area contributed by atoms with Crippen LogP contribution < -0.4 is 21.7 Å². The first-order chi connectivity index (χ1) is 19.7. The van der Waals surface area contributed by atoms with Gasteiger partial charge < -0.3 is 26.8 Å². The quantitative estimate of drug-likeness (QED) is 0.325. The van der Waals surface area contributed by atoms with Gasteiger partial charge in [-0.25, -0.2) is 0 Å². The second-order valence-corrected chi connectivity index (χ2v) is 15.0. The van der Waals surface area contributed by atoms with Crippen LogP contribution in [0.25, 0.3) is 0 Å². The summed E-state index contributed by atoms with van der Waals surface area (Å²) in [7, 11) is 0. The van der Waals surface area contributed by atoms with E-state index in [-0.39, 0.29) is 54.5 Å². The molecule has 2 unspecified atom stereocenters. The number of aliphatic hydroxyl groups is 1. The Hall–Kier alpha value is -2.20. The molecule has 1 aliphatic heterocycles. The standard InChI is InChI=1S/C32H48ClN5O4/c1-18(2)22(29(41)36-28-20-9-19-10-21(28)14-32(12-19,13-20)30(35)42)11-26(39)24(34)15-37-16-27(40)38(17-31(37,3)4)25-8-6-5-7-23(25)33/h5-8,18-22,24,26,28,39H,9-17,34H2,1-4H3,(H2,35,42)(H,36,41)/t19?,20?,21?,22-,24-,26-,28?,32?/m0/s1. The summed E-state index contributed by atoms with van der Waals surface area (Å²) in [5, 5.41) is 15.1. The van der Waals surface area contributed by atoms with E-state index >= 15 is 0 Å². The van der Waals surface area contributed by atoms with Gasteiger partial charge in [-0.3, -0.25) is 19.3 Å². The van der Waals surface area contributed by atoms with Gasteiger partial charge in [-0.2, -0.15) is 0 Å². The number of primary amides is 1. The van der Waals surface area contributed by atoms with Crippen molar-refractivity contribution in [1.82, 2.24) is 10.2 Å². The number of anilines is 1. The maximum absolute atomic E-state index is 13.7. The number of benzene rings is 1. The summed E-state index contributed by atoms with van der Waals surface area (Å²) in [5.41, 5.74) is 12.3. The lowest BCUT2D eigenvalue weighted by Crippen LogP contribution is -2.64. The van der Waals surface area contributed by atoms with Crippen LogP contribution in [0.3, 0.4) is 0 Å². The molecule has 3 amide bonds. The molecule has 1 aromatic rings. The first kappa shape index (κ1) is 31.2. The van der Waals surface area contributed by atoms with Gasteiger partial charge in [-0.05, 0) is 88.2 Å². The molecule has 4 saturated carbocycles. The van der Waals surface area contributed by atoms with Crippen molar-refractivity contribution < 1.29 is 19.5 Å². The summed E-state index contributed by atoms with van der Waals surface area (Å²) in [5.74, 6) is 0.375. The van der Waals surface area contributed by atoms with Crippen LogP contribution in [-0.4, -0.2) is 71.1 Å². The highest BCUT2D eigenvalue weighted by Gasteiger charge is 2.58. The highest BCUT2D eigenvalue weighted by Crippen LogP contribution is 2.60. The molecule has 6 rings (SSSR count). The van der Waals surface area contributed by atoms with Gasteiger partial charge in [0.25, 0.3) is 0 Å². The molecule has 4 bridgehead atoms. The molecule has 0 aromatic heterocycles. The number of para-hydroxylation sites is 1. The minimum Gasteiger partial charge on any atom is -0.391 e. The van der Waals surface area contributed by atoms with Crippen molar-refractivity contribution in [3.8, 4) is 0 Å². The molecule has 0 spiro atoms. The lowest BCUT2D eigenvalue weighted by atomic mass is 9.47. The van der Waals surface area contributed by atoms with Crippen LogP contribution in [0, 0.1) is 35.0 Å². The Balaban J connectivity index is 1.19. The molecular weight excluding hydrogens is 554 g/mol. The molecule has 10 heteroatoms. The Kier molecular flexibility index (Phi) is 8.71. The topological polar surface area (TPSA) is 142 Å². The molecule has 5 fully saturated rings. The predicted octanol–water partition coefficient (Wildman–Crippen LogP) is 2.91. The average Bonchev–Trinajstić information content (AvgIpc) is 2.90. The van der Waals surface area contributed by atoms with Crippen molar-refractivity contribution >= 4 is 35.0 Å². The van der Waals surface area contributed by atoms with Gasteiger partial charge >= 0.3 is 0 Å². The number of carbonyl (C=O) groups excluding carboxylic acids is 3. The normalized spacial score (nSPS) is 32.6. The highest BCUT2D eigenvalue weighted by molar-refractivity contribution is 6.33. The van der Waals surface area contributed by atoms with E-state index in [4.69, 9.17) is 23.1 Å². The van der Waals surface area contributed by atoms with E-state index in [9.17, 15) is 19.5 Å². The Labute approximate surface area is 254 Å². The smallest absolute Gasteiger partial charge is 0.241 e. The number of amides is 3. The zero-order chi connectivity index (χ0) is 30.6. The first-order valence-corrected chi connectivity index (χ1v) is 15.9. The first-order valence-electron chi connectivity index (χ1n) is 15.5. The third-order valence-corrected chi connectivity index (χ3v) is 11.2. The third-order valence-electron chi connectivity index (χ3n) is 10.8. The highest BCUT2D eigenvalue weighted by atomic mass is 35.5. The number of nitrogens with one attached hydrogen (secondary N) is 1. The summed E-state index contributed by atoms with van der Waals surface area (Å²) in [4.78, 5) is 42.9. The minimum absolute atomic E-state index is 0.0119. The third kappa shape index (κ3) is 5.94. The fourth-order valence-corrected chi connectivity index (χ4v) is 8.80. The summed E-state index contributed by atoms with van der Waals surface area (Å²) in [6.07, 6.45) is 3.83. The number of hydrogen-bond donors (Lipinski definition) is 4. The second kappa shape index (κ2) is 11.7. The molecule has 9 nitrogen and oxygen atoms in total. The zero-order valence-corrected chi connectivity index (χ0v) is 26.1. The van der Waals surface area contributed by atoms with Crippen molar-refractivity contribution in [2.45, 2.75) is 89.9 Å². The number of carbonyl (C=O) groups is 3. The number of nitrogens with two attached hydrogens (primary N) is 2. The van der Waals surface area contributed by atoms with Gasteiger partial charge in [0.2, 0.25) is 17.7 Å². The molecular formula is C32H48ClN5O4. The van der Waals surface area contributed by atoms with E-state index in [0.29, 0.717) is 29.7 Å². The lowest BCUT2D eigenvalue weighted by molar-refractivity contribution is -0.148. The zero-order valence-electron chi connectivity index (χ0n) is 25.4. The van der Waals surface area contributed by atoms with Crippen molar-refractivity contribution in [2.75, 3.05) is 24.5 Å². The van der Waals surface area contributed by atoms with Crippen molar-refractivity contribution in [3.63, 3.8) is 0 Å². The number of hydrogen-bond acceptors (Lipinski definition) is 6. The van der Waals surface area contributed by atoms with Crippen LogP contribution in [0.4, 0.5) is 5.69 Å². The Morgan fingerprint density at radius 1 is 1.14 bits per heavy atom. The van der Waals surface area contributed by atoms with Crippen LogP contribution in [-0.2, 0) is 14.4 Å². The number of rotatable bonds is 10. The molecule has 6 N–H and O–H groups in total. The fraction of sp³-hybridized carbons (Fsp3) is 0.719. The van der Waals surface area contributed by atoms with Gasteiger partial charge in [-0.1, -0.05) is 37.6 Å². The summed E-state index contributed by atoms with van der Waals surface area (Å²) in [6.45, 7) is 9.03. The number of piperazine rings is 1. The Morgan fingerprint density at radius 3 is 2.38 bits per heavy atom. The molecule has 1 saturated heterocycles. The van der Waals surface area contributed by atoms with E-state index in [2.05, 4.69) is 19.2 Å². The maximum Gasteiger partial charge on any atom is 0.241 e. The molecule has 42 heavy (non-hydrogen) atoms. The van der Waals surface area contributed by atoms with E-state index < -0.39 is 29.0 Å². The second-order valence-electron chi connectivity index (χ2n) is 14.6. The van der Waals surface area contributed by atoms with Crippen LogP contribution in [0.2, 0.25) is 5.02 Å². The Bertz CT molecular complexity index is 1190. The van der Waals surface area contributed by atoms with Crippen LogP contribution >= 0.6 is 11.6 Å².